The summed E-state index contributed by atoms with van der Waals surface area (Å²) in [7, 11) is -2.14. The van der Waals surface area contributed by atoms with Crippen molar-refractivity contribution in [1.29, 1.82) is 0 Å². The molecule has 6 heteroatoms. The molecule has 5 nitrogen and oxygen atoms in total. The Morgan fingerprint density at radius 1 is 1.43 bits per heavy atom. The fourth-order valence-electron chi connectivity index (χ4n) is 1.06. The molecule has 0 aliphatic heterocycles. The third-order valence-electron chi connectivity index (χ3n) is 1.55. The van der Waals surface area contributed by atoms with Gasteiger partial charge in [-0.1, -0.05) is 13.8 Å². The molecule has 0 spiro atoms. The van der Waals surface area contributed by atoms with E-state index in [1.165, 1.54) is 7.11 Å². The number of hydrogen-bond acceptors (Lipinski definition) is 4. The maximum atomic E-state index is 11.2. The first-order valence-corrected chi connectivity index (χ1v) is 6.20. The van der Waals surface area contributed by atoms with Crippen molar-refractivity contribution in [1.82, 2.24) is 4.72 Å². The Morgan fingerprint density at radius 2 is 1.93 bits per heavy atom. The smallest absolute Gasteiger partial charge is 0.323 e. The van der Waals surface area contributed by atoms with E-state index in [2.05, 4.69) is 9.46 Å². The molecule has 0 heterocycles. The molecule has 0 aromatic heterocycles. The predicted octanol–water partition coefficient (Wildman–Crippen LogP) is 0.123. The van der Waals surface area contributed by atoms with Crippen LogP contribution in [0.3, 0.4) is 0 Å². The Hall–Kier alpha value is -0.620. The summed E-state index contributed by atoms with van der Waals surface area (Å²) in [4.78, 5) is 11.2. The van der Waals surface area contributed by atoms with E-state index in [9.17, 15) is 13.2 Å². The second-order valence-electron chi connectivity index (χ2n) is 3.60. The van der Waals surface area contributed by atoms with Crippen LogP contribution in [-0.4, -0.2) is 33.8 Å². The molecule has 0 rings (SSSR count). The molecule has 0 bridgehead atoms. The highest BCUT2D eigenvalue weighted by Gasteiger charge is 2.23. The van der Waals surface area contributed by atoms with Gasteiger partial charge in [0.1, 0.15) is 6.04 Å². The molecule has 84 valence electrons. The predicted molar refractivity (Wildman–Crippen MR) is 53.2 cm³/mol. The first-order valence-electron chi connectivity index (χ1n) is 4.31. The van der Waals surface area contributed by atoms with Crippen LogP contribution in [0.1, 0.15) is 20.3 Å². The van der Waals surface area contributed by atoms with Gasteiger partial charge in [0.05, 0.1) is 13.4 Å². The number of carbonyl (C=O) groups excluding carboxylic acids is 1. The monoisotopic (exact) mass is 223 g/mol. The summed E-state index contributed by atoms with van der Waals surface area (Å²) < 4.78 is 28.6. The maximum absolute atomic E-state index is 11.2. The third-order valence-corrected chi connectivity index (χ3v) is 2.26. The van der Waals surface area contributed by atoms with Gasteiger partial charge in [0, 0.05) is 0 Å². The van der Waals surface area contributed by atoms with Crippen LogP contribution in [-0.2, 0) is 19.6 Å². The molecule has 0 saturated carbocycles. The molecule has 0 amide bonds. The molecular weight excluding hydrogens is 206 g/mol. The molecule has 0 aromatic rings. The van der Waals surface area contributed by atoms with Crippen molar-refractivity contribution in [3.05, 3.63) is 0 Å². The second kappa shape index (κ2) is 5.31. The van der Waals surface area contributed by atoms with Gasteiger partial charge >= 0.3 is 5.97 Å². The summed E-state index contributed by atoms with van der Waals surface area (Å²) >= 11 is 0. The number of esters is 1. The molecule has 0 fully saturated rings. The van der Waals surface area contributed by atoms with Gasteiger partial charge in [-0.05, 0) is 12.3 Å². The molecule has 0 unspecified atom stereocenters. The zero-order valence-corrected chi connectivity index (χ0v) is 9.72. The van der Waals surface area contributed by atoms with Crippen molar-refractivity contribution in [2.45, 2.75) is 26.3 Å². The minimum atomic E-state index is -3.37. The zero-order chi connectivity index (χ0) is 11.4. The van der Waals surface area contributed by atoms with Crippen molar-refractivity contribution < 1.29 is 17.9 Å². The van der Waals surface area contributed by atoms with E-state index in [0.717, 1.165) is 6.26 Å². The van der Waals surface area contributed by atoms with Crippen LogP contribution in [0, 0.1) is 5.92 Å². The number of rotatable bonds is 5. The van der Waals surface area contributed by atoms with Gasteiger partial charge in [0.15, 0.2) is 0 Å². The summed E-state index contributed by atoms with van der Waals surface area (Å²) in [5.74, 6) is -0.336. The van der Waals surface area contributed by atoms with E-state index in [1.807, 2.05) is 13.8 Å². The highest BCUT2D eigenvalue weighted by atomic mass is 32.2. The molecule has 1 N–H and O–H groups in total. The second-order valence-corrected chi connectivity index (χ2v) is 5.38. The number of methoxy groups -OCH3 is 1. The zero-order valence-electron chi connectivity index (χ0n) is 8.90. The minimum Gasteiger partial charge on any atom is -0.468 e. The van der Waals surface area contributed by atoms with Crippen LogP contribution in [0.25, 0.3) is 0 Å². The Labute approximate surface area is 84.9 Å². The third kappa shape index (κ3) is 5.93. The summed E-state index contributed by atoms with van der Waals surface area (Å²) in [6.07, 6.45) is 1.45. The summed E-state index contributed by atoms with van der Waals surface area (Å²) in [6, 6.07) is -0.782. The SMILES string of the molecule is COC(=O)[C@@H](CC(C)C)NS(C)(=O)=O. The van der Waals surface area contributed by atoms with Gasteiger partial charge in [-0.2, -0.15) is 0 Å². The van der Waals surface area contributed by atoms with Crippen molar-refractivity contribution in [3.8, 4) is 0 Å². The van der Waals surface area contributed by atoms with E-state index in [1.54, 1.807) is 0 Å². The molecule has 0 saturated heterocycles. The lowest BCUT2D eigenvalue weighted by molar-refractivity contribution is -0.143. The molecule has 1 atom stereocenters. The van der Waals surface area contributed by atoms with E-state index in [-0.39, 0.29) is 5.92 Å². The first-order chi connectivity index (χ1) is 6.26. The van der Waals surface area contributed by atoms with E-state index in [0.29, 0.717) is 6.42 Å². The number of sulfonamides is 1. The minimum absolute atomic E-state index is 0.216. The van der Waals surface area contributed by atoms with E-state index < -0.39 is 22.0 Å². The lowest BCUT2D eigenvalue weighted by atomic mass is 10.1. The van der Waals surface area contributed by atoms with Crippen molar-refractivity contribution in [2.24, 2.45) is 5.92 Å². The van der Waals surface area contributed by atoms with E-state index in [4.69, 9.17) is 0 Å². The fourth-order valence-corrected chi connectivity index (χ4v) is 1.77. The highest BCUT2D eigenvalue weighted by molar-refractivity contribution is 7.88. The van der Waals surface area contributed by atoms with Crippen LogP contribution in [0.4, 0.5) is 0 Å². The Balaban J connectivity index is 4.48. The largest absolute Gasteiger partial charge is 0.468 e. The van der Waals surface area contributed by atoms with Gasteiger partial charge in [-0.15, -0.1) is 0 Å². The Morgan fingerprint density at radius 3 is 2.21 bits per heavy atom. The number of nitrogens with one attached hydrogen (secondary N) is 1. The molecule has 0 radical (unpaired) electrons. The van der Waals surface area contributed by atoms with Gasteiger partial charge < -0.3 is 4.74 Å². The standard InChI is InChI=1S/C8H17NO4S/c1-6(2)5-7(8(10)13-3)9-14(4,11)12/h6-7,9H,5H2,1-4H3/t7-/m1/s1. The van der Waals surface area contributed by atoms with Gasteiger partial charge in [0.25, 0.3) is 0 Å². The van der Waals surface area contributed by atoms with Crippen LogP contribution in [0.5, 0.6) is 0 Å². The first kappa shape index (κ1) is 13.4. The molecule has 0 aliphatic carbocycles. The topological polar surface area (TPSA) is 72.5 Å². The van der Waals surface area contributed by atoms with E-state index >= 15 is 0 Å². The maximum Gasteiger partial charge on any atom is 0.323 e. The van der Waals surface area contributed by atoms with Crippen LogP contribution < -0.4 is 4.72 Å². The lowest BCUT2D eigenvalue weighted by Crippen LogP contribution is -2.41. The molecule has 14 heavy (non-hydrogen) atoms. The average molecular weight is 223 g/mol. The highest BCUT2D eigenvalue weighted by Crippen LogP contribution is 2.06. The van der Waals surface area contributed by atoms with Crippen LogP contribution in [0.2, 0.25) is 0 Å². The molecule has 0 aliphatic rings. The van der Waals surface area contributed by atoms with Gasteiger partial charge in [-0.3, -0.25) is 4.79 Å². The van der Waals surface area contributed by atoms with Crippen molar-refractivity contribution >= 4 is 16.0 Å². The molecular formula is C8H17NO4S. The quantitative estimate of drug-likeness (QED) is 0.672. The van der Waals surface area contributed by atoms with Crippen LogP contribution >= 0.6 is 0 Å². The van der Waals surface area contributed by atoms with Crippen molar-refractivity contribution in [2.75, 3.05) is 13.4 Å². The van der Waals surface area contributed by atoms with Crippen LogP contribution in [0.15, 0.2) is 0 Å². The number of ether oxygens (including phenoxy) is 1. The Kier molecular flexibility index (Phi) is 5.07. The lowest BCUT2D eigenvalue weighted by Gasteiger charge is -2.16. The normalized spacial score (nSPS) is 14.1. The van der Waals surface area contributed by atoms with Gasteiger partial charge in [0.2, 0.25) is 10.0 Å². The summed E-state index contributed by atoms with van der Waals surface area (Å²) in [6.45, 7) is 3.81. The average Bonchev–Trinajstić information content (AvgIpc) is 1.98. The fraction of sp³-hybridized carbons (Fsp3) is 0.875. The number of carbonyl (C=O) groups is 1. The number of hydrogen-bond donors (Lipinski definition) is 1. The molecule has 0 aromatic carbocycles. The summed E-state index contributed by atoms with van der Waals surface area (Å²) in [5, 5.41) is 0. The Bertz CT molecular complexity index is 284. The summed E-state index contributed by atoms with van der Waals surface area (Å²) in [5.41, 5.74) is 0. The van der Waals surface area contributed by atoms with Gasteiger partial charge in [-0.25, -0.2) is 13.1 Å². The van der Waals surface area contributed by atoms with Crippen molar-refractivity contribution in [3.63, 3.8) is 0 Å².